The van der Waals surface area contributed by atoms with Crippen molar-refractivity contribution in [2.75, 3.05) is 0 Å². The van der Waals surface area contributed by atoms with Crippen LogP contribution in [-0.2, 0) is 6.18 Å². The van der Waals surface area contributed by atoms with Crippen LogP contribution in [0.25, 0.3) is 11.0 Å². The number of carbonyl (C=O) groups is 1. The molecule has 0 radical (unpaired) electrons. The number of alkyl halides is 3. The van der Waals surface area contributed by atoms with Crippen LogP contribution in [0.15, 0.2) is 69.9 Å². The first-order chi connectivity index (χ1) is 17.0. The molecule has 186 valence electrons. The molecular formula is C26H17Cl2F3O5. The van der Waals surface area contributed by atoms with E-state index in [0.717, 1.165) is 6.07 Å². The van der Waals surface area contributed by atoms with E-state index in [1.165, 1.54) is 36.4 Å². The van der Waals surface area contributed by atoms with Crippen molar-refractivity contribution in [1.82, 2.24) is 0 Å². The number of para-hydroxylation sites is 1. The maximum Gasteiger partial charge on any atom is 0.453 e. The molecule has 0 aliphatic carbocycles. The monoisotopic (exact) mass is 536 g/mol. The van der Waals surface area contributed by atoms with Gasteiger partial charge in [0.25, 0.3) is 5.76 Å². The quantitative estimate of drug-likeness (QED) is 0.190. The zero-order valence-electron chi connectivity index (χ0n) is 18.8. The first-order valence-corrected chi connectivity index (χ1v) is 11.3. The van der Waals surface area contributed by atoms with Crippen LogP contribution < -0.4 is 14.9 Å². The highest BCUT2D eigenvalue weighted by Gasteiger charge is 2.40. The van der Waals surface area contributed by atoms with Gasteiger partial charge in [-0.3, -0.25) is 4.79 Å². The molecule has 0 fully saturated rings. The summed E-state index contributed by atoms with van der Waals surface area (Å²) in [5.41, 5.74) is -0.857. The number of ether oxygens (including phenoxy) is 2. The van der Waals surface area contributed by atoms with Gasteiger partial charge in [-0.1, -0.05) is 55.2 Å². The fourth-order valence-corrected chi connectivity index (χ4v) is 3.96. The SMILES string of the molecule is CC(C)c1ccccc1Oc1c(C(F)(F)F)oc2cc(OC(=O)c3ccc(Cl)cc3Cl)ccc2c1=O. The number of halogens is 5. The van der Waals surface area contributed by atoms with Gasteiger partial charge >= 0.3 is 12.1 Å². The summed E-state index contributed by atoms with van der Waals surface area (Å²) < 4.78 is 57.5. The van der Waals surface area contributed by atoms with Gasteiger partial charge in [-0.05, 0) is 47.9 Å². The summed E-state index contributed by atoms with van der Waals surface area (Å²) in [5, 5.41) is 0.143. The fourth-order valence-electron chi connectivity index (χ4n) is 3.48. The molecule has 4 rings (SSSR count). The summed E-state index contributed by atoms with van der Waals surface area (Å²) in [7, 11) is 0. The van der Waals surface area contributed by atoms with Crippen molar-refractivity contribution in [1.29, 1.82) is 0 Å². The van der Waals surface area contributed by atoms with Crippen LogP contribution in [0.1, 0.15) is 41.4 Å². The number of carbonyl (C=O) groups excluding carboxylic acids is 1. The molecule has 3 aromatic carbocycles. The molecule has 0 unspecified atom stereocenters. The molecule has 10 heteroatoms. The van der Waals surface area contributed by atoms with E-state index in [1.54, 1.807) is 18.2 Å². The summed E-state index contributed by atoms with van der Waals surface area (Å²) in [6.45, 7) is 3.69. The Labute approximate surface area is 213 Å². The lowest BCUT2D eigenvalue weighted by Gasteiger charge is -2.16. The van der Waals surface area contributed by atoms with Gasteiger partial charge in [-0.2, -0.15) is 13.2 Å². The number of fused-ring (bicyclic) bond motifs is 1. The van der Waals surface area contributed by atoms with Gasteiger partial charge in [0.1, 0.15) is 17.1 Å². The van der Waals surface area contributed by atoms with E-state index in [-0.39, 0.29) is 33.4 Å². The molecule has 1 aromatic heterocycles. The summed E-state index contributed by atoms with van der Waals surface area (Å²) in [6, 6.07) is 14.0. The summed E-state index contributed by atoms with van der Waals surface area (Å²) in [5.74, 6) is -3.60. The highest BCUT2D eigenvalue weighted by molar-refractivity contribution is 6.36. The van der Waals surface area contributed by atoms with Gasteiger partial charge in [-0.25, -0.2) is 4.79 Å². The number of benzene rings is 3. The third kappa shape index (κ3) is 5.20. The molecule has 0 aliphatic rings. The van der Waals surface area contributed by atoms with Crippen LogP contribution >= 0.6 is 23.2 Å². The third-order valence-electron chi connectivity index (χ3n) is 5.19. The van der Waals surface area contributed by atoms with Gasteiger partial charge in [0.05, 0.1) is 16.0 Å². The second-order valence-corrected chi connectivity index (χ2v) is 8.90. The van der Waals surface area contributed by atoms with Crippen LogP contribution in [0.4, 0.5) is 13.2 Å². The zero-order valence-corrected chi connectivity index (χ0v) is 20.3. The number of hydrogen-bond donors (Lipinski definition) is 0. The molecule has 0 bridgehead atoms. The predicted octanol–water partition coefficient (Wildman–Crippen LogP) is 8.25. The second kappa shape index (κ2) is 9.87. The molecule has 0 amide bonds. The first-order valence-electron chi connectivity index (χ1n) is 10.6. The Morgan fingerprint density at radius 3 is 2.39 bits per heavy atom. The van der Waals surface area contributed by atoms with Crippen molar-refractivity contribution < 1.29 is 31.9 Å². The van der Waals surface area contributed by atoms with Gasteiger partial charge in [0.15, 0.2) is 0 Å². The van der Waals surface area contributed by atoms with E-state index in [4.69, 9.17) is 37.1 Å². The highest BCUT2D eigenvalue weighted by Crippen LogP contribution is 2.40. The summed E-state index contributed by atoms with van der Waals surface area (Å²) in [6.07, 6.45) is -5.04. The average Bonchev–Trinajstić information content (AvgIpc) is 2.80. The Morgan fingerprint density at radius 2 is 1.72 bits per heavy atom. The molecular weight excluding hydrogens is 520 g/mol. The minimum atomic E-state index is -5.04. The minimum Gasteiger partial charge on any atom is -0.449 e. The van der Waals surface area contributed by atoms with E-state index >= 15 is 0 Å². The highest BCUT2D eigenvalue weighted by atomic mass is 35.5. The lowest BCUT2D eigenvalue weighted by Crippen LogP contribution is -2.16. The smallest absolute Gasteiger partial charge is 0.449 e. The average molecular weight is 537 g/mol. The molecule has 0 N–H and O–H groups in total. The van der Waals surface area contributed by atoms with Crippen molar-refractivity contribution in [3.05, 3.63) is 97.8 Å². The fraction of sp³-hybridized carbons (Fsp3) is 0.154. The van der Waals surface area contributed by atoms with Gasteiger partial charge in [0, 0.05) is 11.1 Å². The molecule has 4 aromatic rings. The number of hydrogen-bond acceptors (Lipinski definition) is 5. The topological polar surface area (TPSA) is 65.7 Å². The van der Waals surface area contributed by atoms with Crippen LogP contribution in [-0.4, -0.2) is 5.97 Å². The van der Waals surface area contributed by atoms with Gasteiger partial charge in [0.2, 0.25) is 11.2 Å². The lowest BCUT2D eigenvalue weighted by molar-refractivity contribution is -0.154. The Balaban J connectivity index is 1.77. The lowest BCUT2D eigenvalue weighted by atomic mass is 10.0. The van der Waals surface area contributed by atoms with Crippen LogP contribution in [0.5, 0.6) is 17.2 Å². The molecule has 0 spiro atoms. The van der Waals surface area contributed by atoms with E-state index in [0.29, 0.717) is 10.6 Å². The molecule has 1 heterocycles. The maximum absolute atomic E-state index is 13.9. The second-order valence-electron chi connectivity index (χ2n) is 8.05. The Hall–Kier alpha value is -3.49. The van der Waals surface area contributed by atoms with Crippen molar-refractivity contribution in [3.63, 3.8) is 0 Å². The molecule has 5 nitrogen and oxygen atoms in total. The van der Waals surface area contributed by atoms with Gasteiger partial charge < -0.3 is 13.9 Å². The minimum absolute atomic E-state index is 0.00818. The molecule has 0 saturated heterocycles. The number of esters is 1. The summed E-state index contributed by atoms with van der Waals surface area (Å²) in [4.78, 5) is 25.6. The van der Waals surface area contributed by atoms with E-state index in [1.807, 2.05) is 13.8 Å². The summed E-state index contributed by atoms with van der Waals surface area (Å²) >= 11 is 11.8. The van der Waals surface area contributed by atoms with Crippen molar-refractivity contribution in [3.8, 4) is 17.2 Å². The predicted molar refractivity (Wildman–Crippen MR) is 130 cm³/mol. The molecule has 0 saturated carbocycles. The van der Waals surface area contributed by atoms with E-state index in [2.05, 4.69) is 0 Å². The van der Waals surface area contributed by atoms with E-state index in [9.17, 15) is 22.8 Å². The Morgan fingerprint density at radius 1 is 1.00 bits per heavy atom. The van der Waals surface area contributed by atoms with Crippen molar-refractivity contribution in [2.24, 2.45) is 0 Å². The normalized spacial score (nSPS) is 11.7. The van der Waals surface area contributed by atoms with Crippen LogP contribution in [0.2, 0.25) is 10.0 Å². The number of rotatable bonds is 5. The Kier molecular flexibility index (Phi) is 7.02. The standard InChI is InChI=1S/C26H17Cl2F3O5/c1-13(2)16-5-3-4-6-20(16)35-23-22(32)18-10-8-15(12-21(18)36-24(23)26(29,30)31)34-25(33)17-9-7-14(27)11-19(17)28/h3-13H,1-2H3. The molecule has 0 atom stereocenters. The van der Waals surface area contributed by atoms with Crippen molar-refractivity contribution >= 4 is 40.1 Å². The third-order valence-corrected chi connectivity index (χ3v) is 5.74. The van der Waals surface area contributed by atoms with Crippen molar-refractivity contribution in [2.45, 2.75) is 25.9 Å². The van der Waals surface area contributed by atoms with Gasteiger partial charge in [-0.15, -0.1) is 0 Å². The Bertz CT molecular complexity index is 1530. The molecule has 0 aliphatic heterocycles. The largest absolute Gasteiger partial charge is 0.453 e. The zero-order chi connectivity index (χ0) is 26.2. The van der Waals surface area contributed by atoms with Crippen LogP contribution in [0, 0.1) is 0 Å². The molecule has 36 heavy (non-hydrogen) atoms. The van der Waals surface area contributed by atoms with Crippen LogP contribution in [0.3, 0.4) is 0 Å². The van der Waals surface area contributed by atoms with E-state index < -0.39 is 34.7 Å². The maximum atomic E-state index is 13.9. The first kappa shape index (κ1) is 25.6.